The lowest BCUT2D eigenvalue weighted by molar-refractivity contribution is 1.17. The molecule has 0 bridgehead atoms. The summed E-state index contributed by atoms with van der Waals surface area (Å²) >= 11 is 0. The van der Waals surface area contributed by atoms with E-state index in [4.69, 9.17) is 0 Å². The summed E-state index contributed by atoms with van der Waals surface area (Å²) in [6, 6.07) is 6.04. The van der Waals surface area contributed by atoms with Gasteiger partial charge < -0.3 is 0 Å². The van der Waals surface area contributed by atoms with Gasteiger partial charge in [0.2, 0.25) is 0 Å². The Morgan fingerprint density at radius 2 is 1.88 bits per heavy atom. The van der Waals surface area contributed by atoms with Gasteiger partial charge in [-0.15, -0.1) is 0 Å². The van der Waals surface area contributed by atoms with Crippen molar-refractivity contribution in [1.29, 1.82) is 0 Å². The molecule has 80 valence electrons. The third-order valence-electron chi connectivity index (χ3n) is 3.04. The number of fused-ring (bicyclic) bond motifs is 6. The van der Waals surface area contributed by atoms with Crippen LogP contribution in [0.5, 0.6) is 0 Å². The summed E-state index contributed by atoms with van der Waals surface area (Å²) in [4.78, 5) is 12.8. The molecular weight excluding hydrogens is 212 g/mol. The Bertz CT molecular complexity index is 778. The van der Waals surface area contributed by atoms with Gasteiger partial charge in [0.25, 0.3) is 0 Å². The molecule has 0 amide bonds. The Kier molecular flexibility index (Phi) is 1.53. The number of imidazole rings is 1. The highest BCUT2D eigenvalue weighted by Gasteiger charge is 2.08. The fourth-order valence-corrected chi connectivity index (χ4v) is 2.30. The predicted octanol–water partition coefficient (Wildman–Crippen LogP) is 2.43. The largest absolute Gasteiger partial charge is 0.282 e. The molecule has 0 N–H and O–H groups in total. The van der Waals surface area contributed by atoms with Crippen molar-refractivity contribution >= 4 is 27.3 Å². The lowest BCUT2D eigenvalue weighted by Gasteiger charge is -2.06. The average molecular weight is 220 g/mol. The fraction of sp³-hybridized carbons (Fsp3) is 0. The normalized spacial score (nSPS) is 11.5. The summed E-state index contributed by atoms with van der Waals surface area (Å²) in [5.74, 6) is 0. The molecule has 0 saturated carbocycles. The third-order valence-corrected chi connectivity index (χ3v) is 3.04. The maximum atomic E-state index is 4.43. The maximum absolute atomic E-state index is 4.43. The second-order valence-electron chi connectivity index (χ2n) is 3.94. The van der Waals surface area contributed by atoms with Crippen LogP contribution in [0.2, 0.25) is 0 Å². The van der Waals surface area contributed by atoms with Crippen LogP contribution < -0.4 is 0 Å². The summed E-state index contributed by atoms with van der Waals surface area (Å²) in [5.41, 5.74) is 1.97. The van der Waals surface area contributed by atoms with E-state index in [9.17, 15) is 0 Å². The minimum atomic E-state index is 0.929. The van der Waals surface area contributed by atoms with Gasteiger partial charge in [-0.05, 0) is 23.6 Å². The number of aromatic nitrogens is 4. The van der Waals surface area contributed by atoms with E-state index in [-0.39, 0.29) is 0 Å². The SMILES string of the molecule is c1cnc2c(c1)c1ccncc1c1cncn12. The quantitative estimate of drug-likeness (QED) is 0.427. The summed E-state index contributed by atoms with van der Waals surface area (Å²) in [6.45, 7) is 0. The molecule has 4 rings (SSSR count). The highest BCUT2D eigenvalue weighted by Crippen LogP contribution is 2.26. The Balaban J connectivity index is 2.48. The van der Waals surface area contributed by atoms with Crippen LogP contribution in [0.3, 0.4) is 0 Å². The monoisotopic (exact) mass is 220 g/mol. The molecule has 0 fully saturated rings. The highest BCUT2D eigenvalue weighted by molar-refractivity contribution is 6.10. The van der Waals surface area contributed by atoms with Crippen molar-refractivity contribution in [2.24, 2.45) is 0 Å². The van der Waals surface area contributed by atoms with E-state index in [2.05, 4.69) is 21.0 Å². The first-order valence-corrected chi connectivity index (χ1v) is 5.37. The second kappa shape index (κ2) is 3.01. The zero-order valence-electron chi connectivity index (χ0n) is 8.91. The zero-order valence-corrected chi connectivity index (χ0v) is 8.91. The molecule has 4 heteroatoms. The molecule has 0 aliphatic carbocycles. The van der Waals surface area contributed by atoms with E-state index < -0.39 is 0 Å². The fourth-order valence-electron chi connectivity index (χ4n) is 2.30. The van der Waals surface area contributed by atoms with Gasteiger partial charge >= 0.3 is 0 Å². The second-order valence-corrected chi connectivity index (χ2v) is 3.94. The van der Waals surface area contributed by atoms with Crippen LogP contribution in [0.25, 0.3) is 27.3 Å². The van der Waals surface area contributed by atoms with Gasteiger partial charge in [-0.2, -0.15) is 0 Å². The third kappa shape index (κ3) is 1.04. The molecule has 0 atom stereocenters. The minimum absolute atomic E-state index is 0.929. The topological polar surface area (TPSA) is 43.1 Å². The standard InChI is InChI=1S/C13H8N4/c1-2-10-9-3-5-14-6-11(9)12-7-15-8-17(12)13(10)16-4-1/h1-8H. The van der Waals surface area contributed by atoms with Gasteiger partial charge in [0.1, 0.15) is 12.0 Å². The van der Waals surface area contributed by atoms with Crippen LogP contribution in [0.4, 0.5) is 0 Å². The molecular formula is C13H8N4. The zero-order chi connectivity index (χ0) is 11.2. The number of hydrogen-bond donors (Lipinski definition) is 0. The molecule has 0 aliphatic rings. The predicted molar refractivity (Wildman–Crippen MR) is 65.8 cm³/mol. The minimum Gasteiger partial charge on any atom is -0.282 e. The smallest absolute Gasteiger partial charge is 0.146 e. The van der Waals surface area contributed by atoms with Crippen LogP contribution in [0.15, 0.2) is 49.3 Å². The molecule has 0 radical (unpaired) electrons. The molecule has 4 nitrogen and oxygen atoms in total. The summed E-state index contributed by atoms with van der Waals surface area (Å²) in [6.07, 6.45) is 9.12. The molecule has 4 aromatic heterocycles. The molecule has 0 spiro atoms. The van der Waals surface area contributed by atoms with Gasteiger partial charge in [0, 0.05) is 29.4 Å². The number of hydrogen-bond acceptors (Lipinski definition) is 3. The Labute approximate surface area is 96.6 Å². The van der Waals surface area contributed by atoms with E-state index in [1.165, 1.54) is 0 Å². The number of rotatable bonds is 0. The van der Waals surface area contributed by atoms with Gasteiger partial charge in [-0.1, -0.05) is 0 Å². The van der Waals surface area contributed by atoms with Crippen molar-refractivity contribution in [3.8, 4) is 0 Å². The van der Waals surface area contributed by atoms with Gasteiger partial charge in [0.05, 0.1) is 11.7 Å². The average Bonchev–Trinajstić information content (AvgIpc) is 2.89. The van der Waals surface area contributed by atoms with Crippen molar-refractivity contribution in [3.63, 3.8) is 0 Å². The summed E-state index contributed by atoms with van der Waals surface area (Å²) in [7, 11) is 0. The number of pyridine rings is 3. The summed E-state index contributed by atoms with van der Waals surface area (Å²) in [5, 5.41) is 3.39. The lowest BCUT2D eigenvalue weighted by atomic mass is 10.1. The van der Waals surface area contributed by atoms with E-state index in [0.29, 0.717) is 0 Å². The number of nitrogens with zero attached hydrogens (tertiary/aromatic N) is 4. The maximum Gasteiger partial charge on any atom is 0.146 e. The van der Waals surface area contributed by atoms with Crippen molar-refractivity contribution in [2.75, 3.05) is 0 Å². The van der Waals surface area contributed by atoms with Gasteiger partial charge in [0.15, 0.2) is 0 Å². The van der Waals surface area contributed by atoms with Crippen molar-refractivity contribution < 1.29 is 0 Å². The first-order chi connectivity index (χ1) is 8.45. The van der Waals surface area contributed by atoms with Crippen LogP contribution in [0.1, 0.15) is 0 Å². The highest BCUT2D eigenvalue weighted by atomic mass is 15.0. The van der Waals surface area contributed by atoms with E-state index in [1.54, 1.807) is 12.5 Å². The Hall–Kier alpha value is -2.49. The molecule has 17 heavy (non-hydrogen) atoms. The van der Waals surface area contributed by atoms with E-state index in [0.717, 1.165) is 27.3 Å². The van der Waals surface area contributed by atoms with Crippen LogP contribution in [-0.2, 0) is 0 Å². The molecule has 0 saturated heterocycles. The summed E-state index contributed by atoms with van der Waals surface area (Å²) < 4.78 is 2.00. The van der Waals surface area contributed by atoms with Gasteiger partial charge in [-0.3, -0.25) is 9.38 Å². The van der Waals surface area contributed by atoms with Crippen LogP contribution in [-0.4, -0.2) is 19.4 Å². The Morgan fingerprint density at radius 3 is 2.88 bits per heavy atom. The first kappa shape index (κ1) is 8.64. The van der Waals surface area contributed by atoms with Crippen LogP contribution in [0, 0.1) is 0 Å². The van der Waals surface area contributed by atoms with Crippen molar-refractivity contribution in [1.82, 2.24) is 19.4 Å². The Morgan fingerprint density at radius 1 is 0.882 bits per heavy atom. The first-order valence-electron chi connectivity index (χ1n) is 5.37. The molecule has 4 aromatic rings. The van der Waals surface area contributed by atoms with Crippen LogP contribution >= 0.6 is 0 Å². The molecule has 0 aromatic carbocycles. The van der Waals surface area contributed by atoms with Crippen molar-refractivity contribution in [2.45, 2.75) is 0 Å². The molecule has 0 unspecified atom stereocenters. The van der Waals surface area contributed by atoms with E-state index in [1.807, 2.05) is 35.1 Å². The van der Waals surface area contributed by atoms with Gasteiger partial charge in [-0.25, -0.2) is 9.97 Å². The molecule has 4 heterocycles. The van der Waals surface area contributed by atoms with Crippen molar-refractivity contribution in [3.05, 3.63) is 49.3 Å². The lowest BCUT2D eigenvalue weighted by Crippen LogP contribution is -1.91. The molecule has 0 aliphatic heterocycles. The van der Waals surface area contributed by atoms with E-state index >= 15 is 0 Å².